The molecule has 1 unspecified atom stereocenters. The molecule has 14 heavy (non-hydrogen) atoms. The third-order valence-corrected chi connectivity index (χ3v) is 4.49. The summed E-state index contributed by atoms with van der Waals surface area (Å²) in [7, 11) is 0. The van der Waals surface area contributed by atoms with Crippen molar-refractivity contribution in [3.63, 3.8) is 0 Å². The van der Waals surface area contributed by atoms with Crippen molar-refractivity contribution in [1.82, 2.24) is 5.32 Å². The van der Waals surface area contributed by atoms with E-state index >= 15 is 0 Å². The first-order valence-electron chi connectivity index (χ1n) is 4.59. The predicted octanol–water partition coefficient (Wildman–Crippen LogP) is 3.45. The molecule has 0 spiro atoms. The van der Waals surface area contributed by atoms with Crippen molar-refractivity contribution in [2.24, 2.45) is 0 Å². The molecule has 2 rings (SSSR count). The number of benzene rings is 1. The first-order valence-corrected chi connectivity index (χ1v) is 6.22. The Labute approximate surface area is 98.2 Å². The number of thioether (sulfide) groups is 1. The SMILES string of the molecule is Clc1cccc(SC2CCNC2)c1Cl. The third-order valence-electron chi connectivity index (χ3n) is 2.22. The maximum atomic E-state index is 6.10. The zero-order chi connectivity index (χ0) is 9.97. The van der Waals surface area contributed by atoms with E-state index in [0.717, 1.165) is 18.0 Å². The smallest absolute Gasteiger partial charge is 0.0728 e. The molecule has 1 fully saturated rings. The minimum Gasteiger partial charge on any atom is -0.316 e. The summed E-state index contributed by atoms with van der Waals surface area (Å²) in [5.41, 5.74) is 0. The molecule has 0 aromatic heterocycles. The van der Waals surface area contributed by atoms with Gasteiger partial charge in [0.2, 0.25) is 0 Å². The summed E-state index contributed by atoms with van der Waals surface area (Å²) in [5.74, 6) is 0. The van der Waals surface area contributed by atoms with Gasteiger partial charge in [-0.25, -0.2) is 0 Å². The fraction of sp³-hybridized carbons (Fsp3) is 0.400. The highest BCUT2D eigenvalue weighted by Crippen LogP contribution is 2.36. The van der Waals surface area contributed by atoms with E-state index in [0.29, 0.717) is 15.3 Å². The van der Waals surface area contributed by atoms with Crippen LogP contribution in [0.3, 0.4) is 0 Å². The van der Waals surface area contributed by atoms with Gasteiger partial charge in [-0.05, 0) is 25.1 Å². The quantitative estimate of drug-likeness (QED) is 0.860. The molecule has 0 radical (unpaired) electrons. The minimum absolute atomic E-state index is 0.631. The molecule has 0 saturated carbocycles. The lowest BCUT2D eigenvalue weighted by Crippen LogP contribution is -2.09. The van der Waals surface area contributed by atoms with Gasteiger partial charge in [0.25, 0.3) is 0 Å². The fourth-order valence-corrected chi connectivity index (χ4v) is 3.14. The van der Waals surface area contributed by atoms with Gasteiger partial charge in [-0.2, -0.15) is 0 Å². The summed E-state index contributed by atoms with van der Waals surface area (Å²) < 4.78 is 0. The van der Waals surface area contributed by atoms with E-state index in [2.05, 4.69) is 5.32 Å². The largest absolute Gasteiger partial charge is 0.316 e. The van der Waals surface area contributed by atoms with Crippen LogP contribution in [0.4, 0.5) is 0 Å². The van der Waals surface area contributed by atoms with Crippen LogP contribution in [0.1, 0.15) is 6.42 Å². The lowest BCUT2D eigenvalue weighted by molar-refractivity contribution is 0.858. The highest BCUT2D eigenvalue weighted by molar-refractivity contribution is 8.00. The van der Waals surface area contributed by atoms with E-state index in [4.69, 9.17) is 23.2 Å². The molecular formula is C10H11Cl2NS. The standard InChI is InChI=1S/C10H11Cl2NS/c11-8-2-1-3-9(10(8)12)14-7-4-5-13-6-7/h1-3,7,13H,4-6H2. The molecule has 0 amide bonds. The number of hydrogen-bond acceptors (Lipinski definition) is 2. The van der Waals surface area contributed by atoms with Crippen LogP contribution in [0, 0.1) is 0 Å². The number of nitrogens with one attached hydrogen (secondary N) is 1. The maximum absolute atomic E-state index is 6.10. The van der Waals surface area contributed by atoms with E-state index in [-0.39, 0.29) is 0 Å². The van der Waals surface area contributed by atoms with Gasteiger partial charge in [0, 0.05) is 16.7 Å². The Hall–Kier alpha value is 0.110. The van der Waals surface area contributed by atoms with Crippen molar-refractivity contribution >= 4 is 35.0 Å². The van der Waals surface area contributed by atoms with Crippen LogP contribution in [0.5, 0.6) is 0 Å². The van der Waals surface area contributed by atoms with Gasteiger partial charge in [-0.3, -0.25) is 0 Å². The summed E-state index contributed by atoms with van der Waals surface area (Å²) in [6.07, 6.45) is 1.20. The average Bonchev–Trinajstić information content (AvgIpc) is 2.66. The van der Waals surface area contributed by atoms with Crippen molar-refractivity contribution in [3.8, 4) is 0 Å². The third kappa shape index (κ3) is 2.37. The number of hydrogen-bond donors (Lipinski definition) is 1. The second-order valence-corrected chi connectivity index (χ2v) is 5.41. The second-order valence-electron chi connectivity index (χ2n) is 3.28. The zero-order valence-corrected chi connectivity index (χ0v) is 9.92. The highest BCUT2D eigenvalue weighted by atomic mass is 35.5. The summed E-state index contributed by atoms with van der Waals surface area (Å²) in [6, 6.07) is 5.79. The molecular weight excluding hydrogens is 237 g/mol. The summed E-state index contributed by atoms with van der Waals surface area (Å²) >= 11 is 13.8. The normalized spacial score (nSPS) is 21.4. The van der Waals surface area contributed by atoms with Gasteiger partial charge in [-0.1, -0.05) is 29.3 Å². The van der Waals surface area contributed by atoms with Gasteiger partial charge < -0.3 is 5.32 Å². The molecule has 1 aromatic rings. The Morgan fingerprint density at radius 3 is 2.93 bits per heavy atom. The van der Waals surface area contributed by atoms with E-state index in [1.54, 1.807) is 0 Å². The van der Waals surface area contributed by atoms with Crippen molar-refractivity contribution in [1.29, 1.82) is 0 Å². The molecule has 4 heteroatoms. The van der Waals surface area contributed by atoms with Crippen molar-refractivity contribution < 1.29 is 0 Å². The molecule has 0 aliphatic carbocycles. The Bertz CT molecular complexity index is 324. The monoisotopic (exact) mass is 247 g/mol. The van der Waals surface area contributed by atoms with Gasteiger partial charge in [0.1, 0.15) is 0 Å². The predicted molar refractivity (Wildman–Crippen MR) is 63.6 cm³/mol. The van der Waals surface area contributed by atoms with Crippen molar-refractivity contribution in [3.05, 3.63) is 28.2 Å². The Morgan fingerprint density at radius 2 is 2.21 bits per heavy atom. The van der Waals surface area contributed by atoms with Crippen LogP contribution < -0.4 is 5.32 Å². The summed E-state index contributed by atoms with van der Waals surface area (Å²) in [4.78, 5) is 1.09. The molecule has 0 bridgehead atoms. The average molecular weight is 248 g/mol. The van der Waals surface area contributed by atoms with Crippen LogP contribution in [-0.4, -0.2) is 18.3 Å². The van der Waals surface area contributed by atoms with Gasteiger partial charge in [0.05, 0.1) is 10.0 Å². The molecule has 1 aliphatic heterocycles. The molecule has 1 aliphatic rings. The van der Waals surface area contributed by atoms with Crippen LogP contribution in [0.15, 0.2) is 23.1 Å². The Balaban J connectivity index is 2.11. The van der Waals surface area contributed by atoms with Crippen LogP contribution in [0.2, 0.25) is 10.0 Å². The van der Waals surface area contributed by atoms with Gasteiger partial charge >= 0.3 is 0 Å². The summed E-state index contributed by atoms with van der Waals surface area (Å²) in [5, 5.41) is 5.29. The number of rotatable bonds is 2. The molecule has 1 N–H and O–H groups in total. The topological polar surface area (TPSA) is 12.0 Å². The van der Waals surface area contributed by atoms with Crippen LogP contribution in [0.25, 0.3) is 0 Å². The molecule has 1 saturated heterocycles. The van der Waals surface area contributed by atoms with E-state index in [1.165, 1.54) is 6.42 Å². The molecule has 1 heterocycles. The first-order chi connectivity index (χ1) is 6.77. The van der Waals surface area contributed by atoms with Gasteiger partial charge in [-0.15, -0.1) is 11.8 Å². The van der Waals surface area contributed by atoms with Crippen LogP contribution >= 0.6 is 35.0 Å². The molecule has 1 atom stereocenters. The molecule has 1 aromatic carbocycles. The minimum atomic E-state index is 0.631. The fourth-order valence-electron chi connectivity index (χ4n) is 1.48. The lowest BCUT2D eigenvalue weighted by Gasteiger charge is -2.09. The van der Waals surface area contributed by atoms with Crippen LogP contribution in [-0.2, 0) is 0 Å². The lowest BCUT2D eigenvalue weighted by atomic mass is 10.4. The maximum Gasteiger partial charge on any atom is 0.0728 e. The van der Waals surface area contributed by atoms with Crippen molar-refractivity contribution in [2.75, 3.05) is 13.1 Å². The molecule has 1 nitrogen and oxygen atoms in total. The summed E-state index contributed by atoms with van der Waals surface area (Å²) in [6.45, 7) is 2.17. The first kappa shape index (κ1) is 10.6. The van der Waals surface area contributed by atoms with Gasteiger partial charge in [0.15, 0.2) is 0 Å². The molecule has 76 valence electrons. The van der Waals surface area contributed by atoms with E-state index in [1.807, 2.05) is 30.0 Å². The number of halogens is 2. The van der Waals surface area contributed by atoms with E-state index in [9.17, 15) is 0 Å². The second kappa shape index (κ2) is 4.75. The highest BCUT2D eigenvalue weighted by Gasteiger charge is 2.17. The zero-order valence-electron chi connectivity index (χ0n) is 7.59. The van der Waals surface area contributed by atoms with Crippen molar-refractivity contribution in [2.45, 2.75) is 16.6 Å². The Kier molecular flexibility index (Phi) is 3.61. The van der Waals surface area contributed by atoms with E-state index < -0.39 is 0 Å². The Morgan fingerprint density at radius 1 is 1.36 bits per heavy atom.